The average molecular weight is 423 g/mol. The molecule has 2 aliphatic heterocycles. The Bertz CT molecular complexity index is 909. The molecule has 2 aliphatic rings. The molecule has 2 aromatic rings. The summed E-state index contributed by atoms with van der Waals surface area (Å²) >= 11 is 0. The first-order valence-electron chi connectivity index (χ1n) is 11.1. The van der Waals surface area contributed by atoms with Gasteiger partial charge in [-0.05, 0) is 30.5 Å². The van der Waals surface area contributed by atoms with Crippen molar-refractivity contribution < 1.29 is 19.1 Å². The number of nitrogens with zero attached hydrogens (tertiary/aromatic N) is 2. The number of hydrogen-bond acceptors (Lipinski definition) is 4. The molecule has 1 atom stereocenters. The van der Waals surface area contributed by atoms with Gasteiger partial charge in [0.05, 0.1) is 25.7 Å². The predicted octanol–water partition coefficient (Wildman–Crippen LogP) is 3.00. The van der Waals surface area contributed by atoms with Crippen LogP contribution in [-0.4, -0.2) is 61.1 Å². The fourth-order valence-electron chi connectivity index (χ4n) is 4.17. The van der Waals surface area contributed by atoms with Gasteiger partial charge in [-0.1, -0.05) is 42.5 Å². The van der Waals surface area contributed by atoms with Gasteiger partial charge in [0, 0.05) is 31.6 Å². The van der Waals surface area contributed by atoms with Gasteiger partial charge in [0.15, 0.2) is 0 Å². The predicted molar refractivity (Wildman–Crippen MR) is 118 cm³/mol. The van der Waals surface area contributed by atoms with Crippen molar-refractivity contribution in [2.75, 3.05) is 39.5 Å². The Hall–Kier alpha value is -2.86. The lowest BCUT2D eigenvalue weighted by Crippen LogP contribution is -2.40. The third-order valence-corrected chi connectivity index (χ3v) is 6.08. The number of fused-ring (bicyclic) bond motifs is 1. The fourth-order valence-corrected chi connectivity index (χ4v) is 4.17. The number of rotatable bonds is 5. The zero-order chi connectivity index (χ0) is 21.6. The van der Waals surface area contributed by atoms with Crippen LogP contribution >= 0.6 is 0 Å². The molecule has 1 saturated heterocycles. The second-order valence-corrected chi connectivity index (χ2v) is 8.18. The Morgan fingerprint density at radius 1 is 0.968 bits per heavy atom. The van der Waals surface area contributed by atoms with E-state index < -0.39 is 0 Å². The van der Waals surface area contributed by atoms with Crippen LogP contribution < -0.4 is 4.74 Å². The van der Waals surface area contributed by atoms with E-state index in [1.807, 2.05) is 59.2 Å². The number of amides is 2. The van der Waals surface area contributed by atoms with E-state index in [2.05, 4.69) is 6.07 Å². The summed E-state index contributed by atoms with van der Waals surface area (Å²) < 4.78 is 11.2. The highest BCUT2D eigenvalue weighted by Gasteiger charge is 2.25. The van der Waals surface area contributed by atoms with E-state index in [0.29, 0.717) is 58.8 Å². The molecule has 31 heavy (non-hydrogen) atoms. The maximum Gasteiger partial charge on any atom is 0.230 e. The fraction of sp³-hybridized carbons (Fsp3) is 0.440. The Morgan fingerprint density at radius 2 is 1.71 bits per heavy atom. The molecular weight excluding hydrogens is 392 g/mol. The summed E-state index contributed by atoms with van der Waals surface area (Å²) in [6.45, 7) is 6.11. The normalized spacial score (nSPS) is 17.3. The first kappa shape index (κ1) is 21.4. The van der Waals surface area contributed by atoms with E-state index in [0.717, 1.165) is 22.4 Å². The van der Waals surface area contributed by atoms with Crippen molar-refractivity contribution in [3.05, 3.63) is 65.2 Å². The van der Waals surface area contributed by atoms with Crippen LogP contribution in [0.5, 0.6) is 5.75 Å². The molecule has 0 radical (unpaired) electrons. The zero-order valence-corrected chi connectivity index (χ0v) is 18.1. The molecule has 2 amide bonds. The molecule has 0 N–H and O–H groups in total. The van der Waals surface area contributed by atoms with E-state index in [-0.39, 0.29) is 17.7 Å². The Kier molecular flexibility index (Phi) is 6.87. The Balaban J connectivity index is 1.41. The highest BCUT2D eigenvalue weighted by atomic mass is 16.5. The van der Waals surface area contributed by atoms with Crippen LogP contribution in [-0.2, 0) is 27.3 Å². The Morgan fingerprint density at radius 3 is 2.48 bits per heavy atom. The van der Waals surface area contributed by atoms with Crippen molar-refractivity contribution in [1.82, 2.24) is 9.80 Å². The first-order chi connectivity index (χ1) is 15.1. The number of benzene rings is 2. The summed E-state index contributed by atoms with van der Waals surface area (Å²) in [6, 6.07) is 16.0. The van der Waals surface area contributed by atoms with Crippen molar-refractivity contribution in [1.29, 1.82) is 0 Å². The lowest BCUT2D eigenvalue weighted by molar-refractivity contribution is -0.135. The van der Waals surface area contributed by atoms with Crippen LogP contribution in [0.2, 0.25) is 0 Å². The zero-order valence-electron chi connectivity index (χ0n) is 18.1. The van der Waals surface area contributed by atoms with Gasteiger partial charge in [-0.15, -0.1) is 0 Å². The van der Waals surface area contributed by atoms with Gasteiger partial charge in [-0.2, -0.15) is 0 Å². The molecular formula is C25H30N2O4. The molecule has 0 bridgehead atoms. The maximum atomic E-state index is 13.1. The lowest BCUT2D eigenvalue weighted by atomic mass is 9.99. The van der Waals surface area contributed by atoms with Crippen molar-refractivity contribution >= 4 is 11.8 Å². The van der Waals surface area contributed by atoms with Crippen LogP contribution in [0.4, 0.5) is 0 Å². The van der Waals surface area contributed by atoms with E-state index in [1.165, 1.54) is 0 Å². The molecule has 1 unspecified atom stereocenters. The van der Waals surface area contributed by atoms with Crippen LogP contribution in [0.25, 0.3) is 0 Å². The largest absolute Gasteiger partial charge is 0.491 e. The van der Waals surface area contributed by atoms with E-state index >= 15 is 0 Å². The molecule has 0 aliphatic carbocycles. The van der Waals surface area contributed by atoms with E-state index in [1.54, 1.807) is 0 Å². The highest BCUT2D eigenvalue weighted by Crippen LogP contribution is 2.27. The van der Waals surface area contributed by atoms with E-state index in [4.69, 9.17) is 9.47 Å². The van der Waals surface area contributed by atoms with Gasteiger partial charge < -0.3 is 19.3 Å². The second kappa shape index (κ2) is 9.96. The minimum absolute atomic E-state index is 0.107. The molecule has 2 aromatic carbocycles. The second-order valence-electron chi connectivity index (χ2n) is 8.18. The van der Waals surface area contributed by atoms with Gasteiger partial charge in [0.1, 0.15) is 12.4 Å². The molecule has 0 saturated carbocycles. The minimum Gasteiger partial charge on any atom is -0.491 e. The van der Waals surface area contributed by atoms with E-state index in [9.17, 15) is 9.59 Å². The van der Waals surface area contributed by atoms with Crippen molar-refractivity contribution in [2.24, 2.45) is 0 Å². The number of hydrogen-bond donors (Lipinski definition) is 0. The minimum atomic E-state index is -0.197. The molecule has 2 heterocycles. The number of carbonyl (C=O) groups is 2. The maximum absolute atomic E-state index is 13.1. The molecule has 1 fully saturated rings. The van der Waals surface area contributed by atoms with Crippen LogP contribution in [0.15, 0.2) is 48.5 Å². The van der Waals surface area contributed by atoms with Crippen molar-refractivity contribution in [3.8, 4) is 5.75 Å². The smallest absolute Gasteiger partial charge is 0.230 e. The molecule has 0 aromatic heterocycles. The Labute approximate surface area is 183 Å². The number of ether oxygens (including phenoxy) is 2. The molecule has 6 nitrogen and oxygen atoms in total. The molecule has 164 valence electrons. The monoisotopic (exact) mass is 422 g/mol. The molecule has 4 rings (SSSR count). The topological polar surface area (TPSA) is 59.1 Å². The summed E-state index contributed by atoms with van der Waals surface area (Å²) in [5.74, 6) is 0.904. The first-order valence-corrected chi connectivity index (χ1v) is 11.1. The number of morpholine rings is 1. The summed E-state index contributed by atoms with van der Waals surface area (Å²) in [5.41, 5.74) is 3.12. The lowest BCUT2D eigenvalue weighted by Gasteiger charge is -2.27. The van der Waals surface area contributed by atoms with Crippen molar-refractivity contribution in [3.63, 3.8) is 0 Å². The summed E-state index contributed by atoms with van der Waals surface area (Å²) in [7, 11) is 0. The standard InChI is InChI=1S/C25H30N2O4/c1-19(21-5-3-2-4-6-21)25(29)27-13-16-31-23-9-7-20(17-22(23)18-27)8-10-24(28)26-11-14-30-15-12-26/h2-7,9,17,19H,8,10-16,18H2,1H3. The van der Waals surface area contributed by atoms with Gasteiger partial charge in [0.25, 0.3) is 0 Å². The van der Waals surface area contributed by atoms with Crippen LogP contribution in [0.1, 0.15) is 36.0 Å². The summed E-state index contributed by atoms with van der Waals surface area (Å²) in [5, 5.41) is 0. The van der Waals surface area contributed by atoms with Gasteiger partial charge in [-0.25, -0.2) is 0 Å². The third kappa shape index (κ3) is 5.25. The summed E-state index contributed by atoms with van der Waals surface area (Å²) in [6.07, 6.45) is 1.16. The van der Waals surface area contributed by atoms with Gasteiger partial charge in [-0.3, -0.25) is 9.59 Å². The SMILES string of the molecule is CC(C(=O)N1CCOc2ccc(CCC(=O)N3CCOCC3)cc2C1)c1ccccc1. The molecule has 6 heteroatoms. The number of aryl methyl sites for hydroxylation is 1. The van der Waals surface area contributed by atoms with Crippen LogP contribution in [0.3, 0.4) is 0 Å². The van der Waals surface area contributed by atoms with Gasteiger partial charge >= 0.3 is 0 Å². The number of carbonyl (C=O) groups excluding carboxylic acids is 2. The van der Waals surface area contributed by atoms with Crippen LogP contribution in [0, 0.1) is 0 Å². The van der Waals surface area contributed by atoms with Gasteiger partial charge in [0.2, 0.25) is 11.8 Å². The van der Waals surface area contributed by atoms with Crippen molar-refractivity contribution in [2.45, 2.75) is 32.2 Å². The quantitative estimate of drug-likeness (QED) is 0.743. The average Bonchev–Trinajstić information content (AvgIpc) is 3.04. The molecule has 0 spiro atoms. The summed E-state index contributed by atoms with van der Waals surface area (Å²) in [4.78, 5) is 29.4. The highest BCUT2D eigenvalue weighted by molar-refractivity contribution is 5.83. The third-order valence-electron chi connectivity index (χ3n) is 6.08.